The summed E-state index contributed by atoms with van der Waals surface area (Å²) in [7, 11) is 0. The van der Waals surface area contributed by atoms with Gasteiger partial charge in [0.1, 0.15) is 0 Å². The van der Waals surface area contributed by atoms with E-state index >= 15 is 0 Å². The molecule has 3 heteroatoms. The van der Waals surface area contributed by atoms with Crippen molar-refractivity contribution in [3.05, 3.63) is 24.0 Å². The molecule has 1 aromatic heterocycles. The highest BCUT2D eigenvalue weighted by Crippen LogP contribution is 2.21. The predicted molar refractivity (Wildman–Crippen MR) is 75.1 cm³/mol. The molecule has 0 spiro atoms. The van der Waals surface area contributed by atoms with Gasteiger partial charge in [0.15, 0.2) is 0 Å². The van der Waals surface area contributed by atoms with E-state index in [1.807, 2.05) is 13.8 Å². The van der Waals surface area contributed by atoms with Gasteiger partial charge >= 0.3 is 0 Å². The molecule has 0 aromatic carbocycles. The first kappa shape index (κ1) is 14.8. The summed E-state index contributed by atoms with van der Waals surface area (Å²) in [6, 6.07) is 4.52. The molecule has 0 bridgehead atoms. The largest absolute Gasteiger partial charge is 0.354 e. The highest BCUT2D eigenvalue weighted by Gasteiger charge is 2.15. The molecular weight excluding hydrogens is 222 g/mol. The Bertz CT molecular complexity index is 385. The fraction of sp³-hybridized carbons (Fsp3) is 0.667. The van der Waals surface area contributed by atoms with Gasteiger partial charge in [0.25, 0.3) is 0 Å². The first-order valence-corrected chi connectivity index (χ1v) is 6.84. The van der Waals surface area contributed by atoms with Crippen molar-refractivity contribution in [2.75, 3.05) is 6.54 Å². The Morgan fingerprint density at radius 3 is 2.83 bits per heavy atom. The van der Waals surface area contributed by atoms with E-state index < -0.39 is 0 Å². The normalized spacial score (nSPS) is 11.4. The molecule has 18 heavy (non-hydrogen) atoms. The Morgan fingerprint density at radius 2 is 2.17 bits per heavy atom. The summed E-state index contributed by atoms with van der Waals surface area (Å²) in [6.07, 6.45) is 7.58. The number of rotatable bonds is 8. The van der Waals surface area contributed by atoms with Crippen LogP contribution in [0.2, 0.25) is 0 Å². The van der Waals surface area contributed by atoms with Gasteiger partial charge in [0.05, 0.1) is 11.5 Å². The Balaban J connectivity index is 2.24. The minimum Gasteiger partial charge on any atom is -0.354 e. The molecule has 0 aliphatic heterocycles. The zero-order valence-corrected chi connectivity index (χ0v) is 11.9. The Kier molecular flexibility index (Phi) is 5.94. The van der Waals surface area contributed by atoms with E-state index in [-0.39, 0.29) is 5.41 Å². The lowest BCUT2D eigenvalue weighted by Gasteiger charge is -2.14. The maximum Gasteiger partial charge on any atom is 0.0683 e. The number of nitrogens with one attached hydrogen (secondary N) is 1. The van der Waals surface area contributed by atoms with E-state index in [9.17, 15) is 0 Å². The molecule has 1 rings (SSSR count). The smallest absolute Gasteiger partial charge is 0.0683 e. The topological polar surface area (TPSA) is 40.8 Å². The molecule has 0 radical (unpaired) electrons. The van der Waals surface area contributed by atoms with Crippen LogP contribution in [0.1, 0.15) is 45.6 Å². The number of aromatic nitrogens is 1. The molecule has 1 aromatic rings. The third kappa shape index (κ3) is 5.37. The van der Waals surface area contributed by atoms with Crippen molar-refractivity contribution in [2.24, 2.45) is 5.41 Å². The van der Waals surface area contributed by atoms with Crippen LogP contribution in [0.25, 0.3) is 0 Å². The quantitative estimate of drug-likeness (QED) is 0.716. The van der Waals surface area contributed by atoms with E-state index in [1.54, 1.807) is 0 Å². The third-order valence-electron chi connectivity index (χ3n) is 3.16. The molecule has 0 aliphatic rings. The van der Waals surface area contributed by atoms with Gasteiger partial charge in [0, 0.05) is 25.5 Å². The molecule has 0 amide bonds. The van der Waals surface area contributed by atoms with Gasteiger partial charge in [-0.1, -0.05) is 13.3 Å². The van der Waals surface area contributed by atoms with Crippen LogP contribution in [0.3, 0.4) is 0 Å². The van der Waals surface area contributed by atoms with Crippen molar-refractivity contribution < 1.29 is 0 Å². The first-order chi connectivity index (χ1) is 8.57. The number of nitrogens with zero attached hydrogens (tertiary/aromatic N) is 2. The van der Waals surface area contributed by atoms with Crippen molar-refractivity contribution >= 4 is 0 Å². The van der Waals surface area contributed by atoms with Crippen LogP contribution in [0, 0.1) is 16.7 Å². The van der Waals surface area contributed by atoms with E-state index in [0.717, 1.165) is 38.9 Å². The summed E-state index contributed by atoms with van der Waals surface area (Å²) in [5, 5.41) is 12.3. The number of nitriles is 1. The number of aryl methyl sites for hydroxylation is 1. The van der Waals surface area contributed by atoms with Crippen LogP contribution in [0.4, 0.5) is 0 Å². The van der Waals surface area contributed by atoms with Gasteiger partial charge in [0.2, 0.25) is 0 Å². The van der Waals surface area contributed by atoms with Crippen molar-refractivity contribution in [2.45, 2.75) is 53.1 Å². The van der Waals surface area contributed by atoms with E-state index in [0.29, 0.717) is 0 Å². The lowest BCUT2D eigenvalue weighted by molar-refractivity contribution is 0.417. The van der Waals surface area contributed by atoms with Crippen molar-refractivity contribution in [1.82, 2.24) is 9.88 Å². The van der Waals surface area contributed by atoms with Crippen LogP contribution in [0.15, 0.2) is 18.5 Å². The Hall–Kier alpha value is -1.27. The molecule has 100 valence electrons. The van der Waals surface area contributed by atoms with Crippen molar-refractivity contribution in [3.8, 4) is 6.07 Å². The fourth-order valence-electron chi connectivity index (χ4n) is 1.92. The van der Waals surface area contributed by atoms with Crippen LogP contribution >= 0.6 is 0 Å². The molecular formula is C15H25N3. The summed E-state index contributed by atoms with van der Waals surface area (Å²) in [5.41, 5.74) is 1.17. The van der Waals surface area contributed by atoms with Gasteiger partial charge in [-0.25, -0.2) is 0 Å². The molecule has 0 atom stereocenters. The van der Waals surface area contributed by atoms with Crippen molar-refractivity contribution in [1.29, 1.82) is 5.26 Å². The Morgan fingerprint density at radius 1 is 1.39 bits per heavy atom. The van der Waals surface area contributed by atoms with Gasteiger partial charge < -0.3 is 9.88 Å². The zero-order valence-electron chi connectivity index (χ0n) is 11.9. The summed E-state index contributed by atoms with van der Waals surface area (Å²) in [5.74, 6) is 0. The molecule has 0 saturated heterocycles. The zero-order chi connectivity index (χ0) is 13.4. The summed E-state index contributed by atoms with van der Waals surface area (Å²) < 4.78 is 2.24. The fourth-order valence-corrected chi connectivity index (χ4v) is 1.92. The minimum atomic E-state index is -0.174. The van der Waals surface area contributed by atoms with Crippen LogP contribution in [0.5, 0.6) is 0 Å². The summed E-state index contributed by atoms with van der Waals surface area (Å²) in [4.78, 5) is 0. The van der Waals surface area contributed by atoms with Crippen LogP contribution in [-0.4, -0.2) is 11.1 Å². The lowest BCUT2D eigenvalue weighted by Crippen LogP contribution is -2.11. The Labute approximate surface area is 111 Å². The summed E-state index contributed by atoms with van der Waals surface area (Å²) >= 11 is 0. The third-order valence-corrected chi connectivity index (χ3v) is 3.16. The molecule has 0 unspecified atom stereocenters. The predicted octanol–water partition coefficient (Wildman–Crippen LogP) is 3.32. The lowest BCUT2D eigenvalue weighted by atomic mass is 9.89. The molecule has 0 aliphatic carbocycles. The first-order valence-electron chi connectivity index (χ1n) is 6.84. The maximum atomic E-state index is 8.93. The van der Waals surface area contributed by atoms with Crippen LogP contribution < -0.4 is 5.32 Å². The maximum absolute atomic E-state index is 8.93. The average Bonchev–Trinajstić information content (AvgIpc) is 2.80. The average molecular weight is 247 g/mol. The van der Waals surface area contributed by atoms with E-state index in [1.165, 1.54) is 5.56 Å². The summed E-state index contributed by atoms with van der Waals surface area (Å²) in [6.45, 7) is 9.15. The number of hydrogen-bond donors (Lipinski definition) is 1. The standard InChI is InChI=1S/C15H25N3/c1-4-17-11-14-7-10-18(12-14)9-6-5-8-15(2,3)13-16/h7,10,12,17H,4-6,8-9,11H2,1-3H3. The highest BCUT2D eigenvalue weighted by atomic mass is 14.9. The second kappa shape index (κ2) is 7.23. The number of unbranched alkanes of at least 4 members (excludes halogenated alkanes) is 1. The molecule has 0 saturated carbocycles. The van der Waals surface area contributed by atoms with Gasteiger partial charge in [-0.2, -0.15) is 5.26 Å². The molecule has 1 heterocycles. The second-order valence-corrected chi connectivity index (χ2v) is 5.49. The van der Waals surface area contributed by atoms with E-state index in [4.69, 9.17) is 5.26 Å². The van der Waals surface area contributed by atoms with Gasteiger partial charge in [-0.05, 0) is 44.9 Å². The molecule has 1 N–H and O–H groups in total. The number of hydrogen-bond acceptors (Lipinski definition) is 2. The van der Waals surface area contributed by atoms with E-state index in [2.05, 4.69) is 41.3 Å². The van der Waals surface area contributed by atoms with Gasteiger partial charge in [-0.3, -0.25) is 0 Å². The SMILES string of the molecule is CCNCc1ccn(CCCCC(C)(C)C#N)c1. The van der Waals surface area contributed by atoms with Crippen LogP contribution in [-0.2, 0) is 13.1 Å². The molecule has 3 nitrogen and oxygen atoms in total. The highest BCUT2D eigenvalue weighted by molar-refractivity contribution is 5.09. The minimum absolute atomic E-state index is 0.174. The molecule has 0 fully saturated rings. The van der Waals surface area contributed by atoms with Crippen molar-refractivity contribution in [3.63, 3.8) is 0 Å². The van der Waals surface area contributed by atoms with Gasteiger partial charge in [-0.15, -0.1) is 0 Å². The second-order valence-electron chi connectivity index (χ2n) is 5.49. The monoisotopic (exact) mass is 247 g/mol.